The van der Waals surface area contributed by atoms with Crippen LogP contribution in [0.1, 0.15) is 64.1 Å². The molecule has 12 heteroatoms. The fourth-order valence-electron chi connectivity index (χ4n) is 4.77. The van der Waals surface area contributed by atoms with Gasteiger partial charge in [-0.1, -0.05) is 46.1 Å². The van der Waals surface area contributed by atoms with Crippen LogP contribution < -0.4 is 9.86 Å². The fourth-order valence-corrected chi connectivity index (χ4v) is 6.98. The summed E-state index contributed by atoms with van der Waals surface area (Å²) in [5, 5.41) is 5.48. The molecule has 7 nitrogen and oxygen atoms in total. The average Bonchev–Trinajstić information content (AvgIpc) is 3.08. The molecule has 1 aromatic carbocycles. The molecule has 1 aromatic heterocycles. The van der Waals surface area contributed by atoms with E-state index < -0.39 is 38.2 Å². The van der Waals surface area contributed by atoms with Gasteiger partial charge in [0, 0.05) is 17.9 Å². The van der Waals surface area contributed by atoms with Crippen LogP contribution in [0.2, 0.25) is 0 Å². The maximum absolute atomic E-state index is 12.8. The van der Waals surface area contributed by atoms with E-state index >= 15 is 0 Å². The van der Waals surface area contributed by atoms with Gasteiger partial charge in [0.25, 0.3) is 0 Å². The number of nitrogens with zero attached hydrogens (tertiary/aromatic N) is 1. The van der Waals surface area contributed by atoms with Crippen molar-refractivity contribution in [1.82, 2.24) is 9.29 Å². The minimum absolute atomic E-state index is 0.00541. The van der Waals surface area contributed by atoms with E-state index in [1.165, 1.54) is 24.6 Å². The van der Waals surface area contributed by atoms with Crippen molar-refractivity contribution in [2.75, 3.05) is 6.54 Å². The van der Waals surface area contributed by atoms with E-state index in [0.717, 1.165) is 25.7 Å². The predicted octanol–water partition coefficient (Wildman–Crippen LogP) is 4.83. The quantitative estimate of drug-likeness (QED) is 0.515. The Labute approximate surface area is 211 Å². The smallest absolute Gasteiger partial charge is 0.343 e. The van der Waals surface area contributed by atoms with E-state index in [-0.39, 0.29) is 9.79 Å². The first-order valence-corrected chi connectivity index (χ1v) is 14.9. The molecule has 0 saturated heterocycles. The van der Waals surface area contributed by atoms with Gasteiger partial charge in [-0.15, -0.1) is 0 Å². The molecule has 1 fully saturated rings. The Hall–Kier alpha value is -1.89. The van der Waals surface area contributed by atoms with Crippen molar-refractivity contribution in [2.45, 2.75) is 87.7 Å². The minimum atomic E-state index is -4.70. The molecular formula is C24H34F3N3O4S2. The van der Waals surface area contributed by atoms with Gasteiger partial charge < -0.3 is 4.57 Å². The number of primary sulfonamides is 1. The SMILES string of the molecule is Cc1c(S(N)(=O)=O)cc(-c2ccc(S(=O)(=O)NCC(F)(F)F)c(C(C)(C)C)c2)n1CC1CCCCC1. The van der Waals surface area contributed by atoms with Gasteiger partial charge in [0.15, 0.2) is 0 Å². The molecule has 0 aliphatic heterocycles. The minimum Gasteiger partial charge on any atom is -0.343 e. The summed E-state index contributed by atoms with van der Waals surface area (Å²) in [5.74, 6) is 0.366. The lowest BCUT2D eigenvalue weighted by atomic mass is 9.85. The van der Waals surface area contributed by atoms with Crippen molar-refractivity contribution >= 4 is 20.0 Å². The molecule has 1 aliphatic rings. The molecule has 2 aromatic rings. The Morgan fingerprint density at radius 3 is 2.14 bits per heavy atom. The lowest BCUT2D eigenvalue weighted by Crippen LogP contribution is -2.35. The second kappa shape index (κ2) is 10.1. The maximum atomic E-state index is 12.8. The Morgan fingerprint density at radius 2 is 1.61 bits per heavy atom. The number of nitrogens with two attached hydrogens (primary N) is 1. The second-order valence-corrected chi connectivity index (χ2v) is 13.8. The van der Waals surface area contributed by atoms with Crippen LogP contribution in [-0.2, 0) is 32.0 Å². The lowest BCUT2D eigenvalue weighted by molar-refractivity contribution is -0.121. The van der Waals surface area contributed by atoms with Gasteiger partial charge in [-0.2, -0.15) is 13.2 Å². The van der Waals surface area contributed by atoms with E-state index in [9.17, 15) is 30.0 Å². The van der Waals surface area contributed by atoms with Crippen molar-refractivity contribution in [3.8, 4) is 11.3 Å². The highest BCUT2D eigenvalue weighted by Crippen LogP contribution is 2.37. The summed E-state index contributed by atoms with van der Waals surface area (Å²) >= 11 is 0. The molecule has 0 radical (unpaired) electrons. The van der Waals surface area contributed by atoms with E-state index in [1.807, 2.05) is 4.57 Å². The molecule has 36 heavy (non-hydrogen) atoms. The van der Waals surface area contributed by atoms with Crippen molar-refractivity contribution in [3.63, 3.8) is 0 Å². The Morgan fingerprint density at radius 1 is 1.00 bits per heavy atom. The summed E-state index contributed by atoms with van der Waals surface area (Å²) in [6, 6.07) is 5.88. The number of aromatic nitrogens is 1. The largest absolute Gasteiger partial charge is 0.402 e. The van der Waals surface area contributed by atoms with E-state index in [4.69, 9.17) is 5.14 Å². The second-order valence-electron chi connectivity index (χ2n) is 10.5. The fraction of sp³-hybridized carbons (Fsp3) is 0.583. The van der Waals surface area contributed by atoms with Gasteiger partial charge in [-0.05, 0) is 60.4 Å². The first-order chi connectivity index (χ1) is 16.4. The van der Waals surface area contributed by atoms with Crippen molar-refractivity contribution in [1.29, 1.82) is 0 Å². The number of hydrogen-bond acceptors (Lipinski definition) is 4. The average molecular weight is 550 g/mol. The number of benzene rings is 1. The monoisotopic (exact) mass is 549 g/mol. The van der Waals surface area contributed by atoms with Crippen LogP contribution in [0.15, 0.2) is 34.1 Å². The molecule has 0 atom stereocenters. The zero-order valence-corrected chi connectivity index (χ0v) is 22.6. The third-order valence-corrected chi connectivity index (χ3v) is 9.11. The summed E-state index contributed by atoms with van der Waals surface area (Å²) in [4.78, 5) is -0.258. The Kier molecular flexibility index (Phi) is 8.05. The lowest BCUT2D eigenvalue weighted by Gasteiger charge is -2.26. The standard InChI is InChI=1S/C24H34F3N3O4S2/c1-16-22(35(28,31)32)13-20(30(16)14-17-8-6-5-7-9-17)18-10-11-21(19(12-18)23(2,3)4)36(33,34)29-15-24(25,26)27/h10-13,17,29H,5-9,14-15H2,1-4H3,(H2,28,31,32). The van der Waals surface area contributed by atoms with Crippen LogP contribution >= 0.6 is 0 Å². The Balaban J connectivity index is 2.16. The van der Waals surface area contributed by atoms with E-state index in [1.54, 1.807) is 38.5 Å². The van der Waals surface area contributed by atoms with Crippen LogP contribution in [0.4, 0.5) is 13.2 Å². The summed E-state index contributed by atoms with van der Waals surface area (Å²) in [7, 11) is -8.47. The number of sulfonamides is 2. The number of hydrogen-bond donors (Lipinski definition) is 2. The van der Waals surface area contributed by atoms with Crippen LogP contribution in [0, 0.1) is 12.8 Å². The van der Waals surface area contributed by atoms with Gasteiger partial charge in [-0.3, -0.25) is 0 Å². The van der Waals surface area contributed by atoms with Crippen LogP contribution in [0.3, 0.4) is 0 Å². The number of halogens is 3. The third-order valence-electron chi connectivity index (χ3n) is 6.63. The number of nitrogens with one attached hydrogen (secondary N) is 1. The van der Waals surface area contributed by atoms with Gasteiger partial charge >= 0.3 is 6.18 Å². The molecule has 1 aliphatic carbocycles. The first kappa shape index (κ1) is 28.7. The normalized spacial score (nSPS) is 16.4. The zero-order chi connectivity index (χ0) is 27.1. The summed E-state index contributed by atoms with van der Waals surface area (Å²) in [6.45, 7) is 5.89. The molecular weight excluding hydrogens is 515 g/mol. The van der Waals surface area contributed by atoms with Crippen LogP contribution in [-0.4, -0.2) is 34.1 Å². The summed E-state index contributed by atoms with van der Waals surface area (Å²) < 4.78 is 91.8. The summed E-state index contributed by atoms with van der Waals surface area (Å²) in [5.41, 5.74) is 1.20. The molecule has 0 bridgehead atoms. The molecule has 1 saturated carbocycles. The van der Waals surface area contributed by atoms with Gasteiger partial charge in [0.1, 0.15) is 11.4 Å². The molecule has 0 spiro atoms. The van der Waals surface area contributed by atoms with Gasteiger partial charge in [-0.25, -0.2) is 26.7 Å². The highest BCUT2D eigenvalue weighted by Gasteiger charge is 2.33. The number of rotatable bonds is 7. The molecule has 202 valence electrons. The highest BCUT2D eigenvalue weighted by molar-refractivity contribution is 7.89. The van der Waals surface area contributed by atoms with E-state index in [0.29, 0.717) is 35.0 Å². The molecule has 1 heterocycles. The van der Waals surface area contributed by atoms with Crippen molar-refractivity contribution in [3.05, 3.63) is 35.5 Å². The predicted molar refractivity (Wildman–Crippen MR) is 132 cm³/mol. The summed E-state index contributed by atoms with van der Waals surface area (Å²) in [6.07, 6.45) is 0.733. The molecule has 0 unspecified atom stereocenters. The van der Waals surface area contributed by atoms with Crippen molar-refractivity contribution < 1.29 is 30.0 Å². The number of alkyl halides is 3. The molecule has 3 rings (SSSR count). The Bertz CT molecular complexity index is 1320. The highest BCUT2D eigenvalue weighted by atomic mass is 32.2. The van der Waals surface area contributed by atoms with Gasteiger partial charge in [0.2, 0.25) is 20.0 Å². The van der Waals surface area contributed by atoms with Crippen molar-refractivity contribution in [2.24, 2.45) is 11.1 Å². The van der Waals surface area contributed by atoms with Gasteiger partial charge in [0.05, 0.1) is 4.90 Å². The van der Waals surface area contributed by atoms with E-state index in [2.05, 4.69) is 0 Å². The maximum Gasteiger partial charge on any atom is 0.402 e. The zero-order valence-electron chi connectivity index (χ0n) is 20.9. The van der Waals surface area contributed by atoms with Crippen LogP contribution in [0.5, 0.6) is 0 Å². The molecule has 0 amide bonds. The van der Waals surface area contributed by atoms with Crippen LogP contribution in [0.25, 0.3) is 11.3 Å². The topological polar surface area (TPSA) is 111 Å². The molecule has 3 N–H and O–H groups in total. The first-order valence-electron chi connectivity index (χ1n) is 11.8. The third kappa shape index (κ3) is 6.70.